The van der Waals surface area contributed by atoms with E-state index < -0.39 is 5.91 Å². The molecule has 1 amide bonds. The summed E-state index contributed by atoms with van der Waals surface area (Å²) in [5.41, 5.74) is 0.523. The first-order valence-corrected chi connectivity index (χ1v) is 7.00. The summed E-state index contributed by atoms with van der Waals surface area (Å²) in [7, 11) is 0. The van der Waals surface area contributed by atoms with E-state index in [1.54, 1.807) is 30.9 Å². The predicted molar refractivity (Wildman–Crippen MR) is 77.9 cm³/mol. The first-order chi connectivity index (χ1) is 11.3. The minimum absolute atomic E-state index is 0.105. The molecular formula is C14H14N6O3. The van der Waals surface area contributed by atoms with Gasteiger partial charge in [0, 0.05) is 43.0 Å². The van der Waals surface area contributed by atoms with Crippen LogP contribution in [0.4, 0.5) is 0 Å². The zero-order valence-corrected chi connectivity index (χ0v) is 12.1. The Balaban J connectivity index is 1.64. The summed E-state index contributed by atoms with van der Waals surface area (Å²) in [5, 5.41) is 18.0. The van der Waals surface area contributed by atoms with Gasteiger partial charge >= 0.3 is 0 Å². The largest absolute Gasteiger partial charge is 0.359 e. The number of imidazole rings is 1. The zero-order valence-electron chi connectivity index (χ0n) is 12.1. The maximum atomic E-state index is 12.2. The van der Waals surface area contributed by atoms with Crippen LogP contribution >= 0.6 is 0 Å². The molecule has 9 nitrogen and oxygen atoms in total. The van der Waals surface area contributed by atoms with Crippen molar-refractivity contribution in [2.45, 2.75) is 13.0 Å². The molecule has 3 heterocycles. The molecule has 3 aromatic rings. The third-order valence-electron chi connectivity index (χ3n) is 3.20. The van der Waals surface area contributed by atoms with Crippen LogP contribution in [0.2, 0.25) is 0 Å². The Hall–Kier alpha value is -3.23. The van der Waals surface area contributed by atoms with E-state index in [2.05, 4.69) is 25.1 Å². The van der Waals surface area contributed by atoms with Gasteiger partial charge in [0.1, 0.15) is 0 Å². The second-order valence-electron chi connectivity index (χ2n) is 4.78. The lowest BCUT2D eigenvalue weighted by molar-refractivity contribution is -0.803. The molecule has 9 heteroatoms. The molecule has 0 aliphatic carbocycles. The van der Waals surface area contributed by atoms with Crippen molar-refractivity contribution < 1.29 is 14.3 Å². The highest BCUT2D eigenvalue weighted by Gasteiger charge is 2.27. The molecule has 0 fully saturated rings. The molecule has 1 N–H and O–H groups in total. The summed E-state index contributed by atoms with van der Waals surface area (Å²) in [6, 6.07) is 3.38. The molecule has 118 valence electrons. The maximum Gasteiger partial charge on any atom is 0.300 e. The van der Waals surface area contributed by atoms with Crippen molar-refractivity contribution in [2.24, 2.45) is 0 Å². The summed E-state index contributed by atoms with van der Waals surface area (Å²) in [6.07, 6.45) is 9.03. The van der Waals surface area contributed by atoms with Gasteiger partial charge in [-0.15, -0.1) is 0 Å². The maximum absolute atomic E-state index is 12.2. The fraction of sp³-hybridized carbons (Fsp3) is 0.214. The lowest BCUT2D eigenvalue weighted by Gasteiger charge is -2.04. The highest BCUT2D eigenvalue weighted by Crippen LogP contribution is 2.17. The van der Waals surface area contributed by atoms with Gasteiger partial charge in [0.05, 0.1) is 11.9 Å². The third kappa shape index (κ3) is 3.34. The van der Waals surface area contributed by atoms with Crippen molar-refractivity contribution >= 4 is 5.91 Å². The highest BCUT2D eigenvalue weighted by molar-refractivity contribution is 5.96. The number of hydrogen-bond acceptors (Lipinski definition) is 6. The summed E-state index contributed by atoms with van der Waals surface area (Å²) in [6.45, 7) is 1.13. The van der Waals surface area contributed by atoms with Gasteiger partial charge < -0.3 is 15.1 Å². The van der Waals surface area contributed by atoms with E-state index in [9.17, 15) is 10.0 Å². The fourth-order valence-corrected chi connectivity index (χ4v) is 2.10. The van der Waals surface area contributed by atoms with Crippen LogP contribution in [0.15, 0.2) is 47.9 Å². The zero-order chi connectivity index (χ0) is 16.1. The van der Waals surface area contributed by atoms with Crippen molar-refractivity contribution in [1.29, 1.82) is 0 Å². The van der Waals surface area contributed by atoms with E-state index in [1.165, 1.54) is 6.20 Å². The molecule has 0 bridgehead atoms. The standard InChI is InChI=1S/C14H14N6O3/c21-14(17-5-2-7-19-8-6-16-10-19)13-12(18-23-20(13)22)11-3-1-4-15-9-11/h1,3-4,6,8-10H,2,5,7H2,(H,17,21). The van der Waals surface area contributed by atoms with E-state index in [0.29, 0.717) is 18.5 Å². The van der Waals surface area contributed by atoms with Crippen molar-refractivity contribution in [1.82, 2.24) is 25.0 Å². The number of nitrogens with zero attached hydrogens (tertiary/aromatic N) is 5. The average Bonchev–Trinajstić information content (AvgIpc) is 3.22. The molecule has 3 rings (SSSR count). The van der Waals surface area contributed by atoms with E-state index >= 15 is 0 Å². The fourth-order valence-electron chi connectivity index (χ4n) is 2.10. The van der Waals surface area contributed by atoms with Crippen LogP contribution < -0.4 is 10.2 Å². The van der Waals surface area contributed by atoms with E-state index in [-0.39, 0.29) is 16.3 Å². The van der Waals surface area contributed by atoms with Crippen molar-refractivity contribution in [3.8, 4) is 11.3 Å². The third-order valence-corrected chi connectivity index (χ3v) is 3.20. The van der Waals surface area contributed by atoms with Gasteiger partial charge in [-0.1, -0.05) is 0 Å². The van der Waals surface area contributed by atoms with Crippen LogP contribution in [0.3, 0.4) is 0 Å². The van der Waals surface area contributed by atoms with Gasteiger partial charge in [-0.25, -0.2) is 4.98 Å². The minimum Gasteiger partial charge on any atom is -0.359 e. The molecule has 0 saturated heterocycles. The van der Waals surface area contributed by atoms with Crippen LogP contribution in [-0.4, -0.2) is 32.1 Å². The summed E-state index contributed by atoms with van der Waals surface area (Å²) < 4.78 is 6.45. The molecule has 23 heavy (non-hydrogen) atoms. The highest BCUT2D eigenvalue weighted by atomic mass is 16.8. The Bertz CT molecular complexity index is 769. The monoisotopic (exact) mass is 314 g/mol. The number of pyridine rings is 1. The number of rotatable bonds is 6. The molecule has 0 unspecified atom stereocenters. The van der Waals surface area contributed by atoms with Gasteiger partial charge in [0.15, 0.2) is 0 Å². The first-order valence-electron chi connectivity index (χ1n) is 7.00. The molecule has 0 spiro atoms. The lowest BCUT2D eigenvalue weighted by Crippen LogP contribution is -2.38. The molecule has 0 atom stereocenters. The normalized spacial score (nSPS) is 10.6. The van der Waals surface area contributed by atoms with E-state index in [4.69, 9.17) is 0 Å². The van der Waals surface area contributed by atoms with E-state index in [0.717, 1.165) is 6.54 Å². The van der Waals surface area contributed by atoms with Crippen LogP contribution in [0.1, 0.15) is 16.9 Å². The molecular weight excluding hydrogens is 300 g/mol. The number of nitrogens with one attached hydrogen (secondary N) is 1. The Morgan fingerprint density at radius 1 is 1.39 bits per heavy atom. The Kier molecular flexibility index (Phi) is 4.27. The van der Waals surface area contributed by atoms with Gasteiger partial charge in [0.2, 0.25) is 0 Å². The van der Waals surface area contributed by atoms with Crippen LogP contribution in [-0.2, 0) is 6.54 Å². The Labute approximate surface area is 131 Å². The van der Waals surface area contributed by atoms with Crippen LogP contribution in [0.5, 0.6) is 0 Å². The predicted octanol–water partition coefficient (Wildman–Crippen LogP) is 0.387. The minimum atomic E-state index is -0.536. The smallest absolute Gasteiger partial charge is 0.300 e. The van der Waals surface area contributed by atoms with Gasteiger partial charge in [-0.2, -0.15) is 0 Å². The second-order valence-corrected chi connectivity index (χ2v) is 4.78. The van der Waals surface area contributed by atoms with E-state index in [1.807, 2.05) is 10.8 Å². The quantitative estimate of drug-likeness (QED) is 0.520. The summed E-state index contributed by atoms with van der Waals surface area (Å²) in [4.78, 5) is 20.2. The summed E-state index contributed by atoms with van der Waals surface area (Å²) >= 11 is 0. The number of carbonyl (C=O) groups excluding carboxylic acids is 1. The van der Waals surface area contributed by atoms with Crippen LogP contribution in [0, 0.1) is 5.21 Å². The topological polar surface area (TPSA) is 113 Å². The van der Waals surface area contributed by atoms with Crippen molar-refractivity contribution in [3.05, 3.63) is 54.1 Å². The van der Waals surface area contributed by atoms with Gasteiger partial charge in [-0.3, -0.25) is 14.4 Å². The van der Waals surface area contributed by atoms with Gasteiger partial charge in [0.25, 0.3) is 17.3 Å². The Morgan fingerprint density at radius 3 is 3.04 bits per heavy atom. The molecule has 0 saturated carbocycles. The molecule has 3 aromatic heterocycles. The number of aryl methyl sites for hydroxylation is 1. The number of amides is 1. The number of carbonyl (C=O) groups is 1. The SMILES string of the molecule is O=C(NCCCn1ccnc1)c1c(-c2cccnc2)no[n+]1[O-]. The second kappa shape index (κ2) is 6.69. The van der Waals surface area contributed by atoms with Gasteiger partial charge in [-0.05, 0) is 23.5 Å². The molecule has 0 radical (unpaired) electrons. The Morgan fingerprint density at radius 2 is 2.30 bits per heavy atom. The number of aromatic nitrogens is 5. The van der Waals surface area contributed by atoms with Crippen molar-refractivity contribution in [2.75, 3.05) is 6.54 Å². The molecule has 0 aromatic carbocycles. The number of hydrogen-bond donors (Lipinski definition) is 1. The van der Waals surface area contributed by atoms with Crippen LogP contribution in [0.25, 0.3) is 11.3 Å². The molecule has 0 aliphatic heterocycles. The lowest BCUT2D eigenvalue weighted by atomic mass is 10.1. The average molecular weight is 314 g/mol. The first kappa shape index (κ1) is 14.7. The molecule has 0 aliphatic rings. The van der Waals surface area contributed by atoms with Crippen molar-refractivity contribution in [3.63, 3.8) is 0 Å². The summed E-state index contributed by atoms with van der Waals surface area (Å²) in [5.74, 6) is -0.536.